The minimum absolute atomic E-state index is 0.0228. The van der Waals surface area contributed by atoms with E-state index in [-0.39, 0.29) is 23.9 Å². The van der Waals surface area contributed by atoms with Crippen LogP contribution in [0.4, 0.5) is 4.39 Å². The molecule has 0 bridgehead atoms. The maximum Gasteiger partial charge on any atom is 0.141 e. The normalized spacial score (nSPS) is 19.9. The number of hydrogen-bond donors (Lipinski definition) is 2. The Balaban J connectivity index is 1.93. The third-order valence-corrected chi connectivity index (χ3v) is 4.01. The first-order chi connectivity index (χ1) is 8.65. The number of rotatable bonds is 5. The summed E-state index contributed by atoms with van der Waals surface area (Å²) in [5.74, 6) is -0.307. The summed E-state index contributed by atoms with van der Waals surface area (Å²) < 4.78 is 13.1. The topological polar surface area (TPSA) is 45.1 Å². The fraction of sp³-hybridized carbons (Fsp3) is 0.643. The molecule has 3 nitrogen and oxygen atoms in total. The van der Waals surface area contributed by atoms with E-state index in [0.717, 1.165) is 24.9 Å². The molecule has 0 aromatic carbocycles. The molecule has 4 heteroatoms. The van der Waals surface area contributed by atoms with Crippen LogP contribution < -0.4 is 5.32 Å². The minimum atomic E-state index is -0.307. The van der Waals surface area contributed by atoms with Crippen molar-refractivity contribution in [2.24, 2.45) is 5.41 Å². The first kappa shape index (κ1) is 13.4. The first-order valence-electron chi connectivity index (χ1n) is 6.60. The average Bonchev–Trinajstić information content (AvgIpc) is 2.85. The number of hydrogen-bond acceptors (Lipinski definition) is 3. The van der Waals surface area contributed by atoms with Gasteiger partial charge in [0.25, 0.3) is 0 Å². The van der Waals surface area contributed by atoms with E-state index in [1.54, 1.807) is 6.20 Å². The Hall–Kier alpha value is -1.00. The second-order valence-electron chi connectivity index (χ2n) is 5.40. The number of aliphatic hydroxyl groups excluding tert-OH is 1. The van der Waals surface area contributed by atoms with Crippen molar-refractivity contribution in [1.29, 1.82) is 0 Å². The Labute approximate surface area is 107 Å². The molecular weight excluding hydrogens is 231 g/mol. The summed E-state index contributed by atoms with van der Waals surface area (Å²) in [4.78, 5) is 3.86. The van der Waals surface area contributed by atoms with Crippen molar-refractivity contribution in [1.82, 2.24) is 10.3 Å². The van der Waals surface area contributed by atoms with E-state index in [1.165, 1.54) is 25.1 Å². The molecule has 1 aromatic rings. The van der Waals surface area contributed by atoms with E-state index >= 15 is 0 Å². The minimum Gasteiger partial charge on any atom is -0.396 e. The Kier molecular flexibility index (Phi) is 4.30. The molecular formula is C14H21FN2O. The van der Waals surface area contributed by atoms with E-state index in [4.69, 9.17) is 0 Å². The van der Waals surface area contributed by atoms with Crippen LogP contribution in [0.25, 0.3) is 0 Å². The zero-order valence-electron chi connectivity index (χ0n) is 10.8. The van der Waals surface area contributed by atoms with Gasteiger partial charge in [0.1, 0.15) is 5.82 Å². The van der Waals surface area contributed by atoms with Gasteiger partial charge in [0.05, 0.1) is 6.20 Å². The molecule has 1 aliphatic carbocycles. The van der Waals surface area contributed by atoms with Crippen LogP contribution in [0.3, 0.4) is 0 Å². The smallest absolute Gasteiger partial charge is 0.141 e. The second kappa shape index (κ2) is 5.76. The quantitative estimate of drug-likeness (QED) is 0.846. The van der Waals surface area contributed by atoms with E-state index in [1.807, 2.05) is 6.92 Å². The van der Waals surface area contributed by atoms with Crippen LogP contribution in [-0.2, 0) is 0 Å². The summed E-state index contributed by atoms with van der Waals surface area (Å²) in [6.07, 6.45) is 7.43. The van der Waals surface area contributed by atoms with Gasteiger partial charge in [-0.05, 0) is 31.4 Å². The Morgan fingerprint density at radius 3 is 2.78 bits per heavy atom. The van der Waals surface area contributed by atoms with Crippen molar-refractivity contribution in [3.63, 3.8) is 0 Å². The lowest BCUT2D eigenvalue weighted by atomic mass is 9.87. The van der Waals surface area contributed by atoms with Gasteiger partial charge in [-0.25, -0.2) is 4.39 Å². The average molecular weight is 252 g/mol. The maximum absolute atomic E-state index is 13.1. The molecule has 100 valence electrons. The van der Waals surface area contributed by atoms with Crippen molar-refractivity contribution in [3.05, 3.63) is 29.8 Å². The van der Waals surface area contributed by atoms with E-state index in [0.29, 0.717) is 0 Å². The zero-order chi connectivity index (χ0) is 13.0. The number of pyridine rings is 1. The summed E-state index contributed by atoms with van der Waals surface area (Å²) >= 11 is 0. The van der Waals surface area contributed by atoms with Crippen molar-refractivity contribution < 1.29 is 9.50 Å². The third-order valence-electron chi connectivity index (χ3n) is 4.01. The fourth-order valence-corrected chi connectivity index (χ4v) is 2.67. The van der Waals surface area contributed by atoms with Crippen LogP contribution in [0.2, 0.25) is 0 Å². The van der Waals surface area contributed by atoms with E-state index < -0.39 is 0 Å². The molecule has 0 saturated heterocycles. The largest absolute Gasteiger partial charge is 0.396 e. The Morgan fingerprint density at radius 2 is 2.17 bits per heavy atom. The zero-order valence-corrected chi connectivity index (χ0v) is 10.8. The van der Waals surface area contributed by atoms with Gasteiger partial charge in [0.15, 0.2) is 0 Å². The Morgan fingerprint density at radius 1 is 1.44 bits per heavy atom. The summed E-state index contributed by atoms with van der Waals surface area (Å²) in [6.45, 7) is 3.01. The number of nitrogens with zero attached hydrogens (tertiary/aromatic N) is 1. The van der Waals surface area contributed by atoms with Gasteiger partial charge in [0, 0.05) is 30.8 Å². The molecule has 1 fully saturated rings. The van der Waals surface area contributed by atoms with Gasteiger partial charge in [0.2, 0.25) is 0 Å². The summed E-state index contributed by atoms with van der Waals surface area (Å²) in [5, 5.41) is 12.9. The van der Waals surface area contributed by atoms with Crippen molar-refractivity contribution >= 4 is 0 Å². The highest BCUT2D eigenvalue weighted by molar-refractivity contribution is 5.14. The van der Waals surface area contributed by atoms with E-state index in [2.05, 4.69) is 10.3 Å². The number of aromatic nitrogens is 1. The number of halogens is 1. The van der Waals surface area contributed by atoms with Gasteiger partial charge < -0.3 is 10.4 Å². The summed E-state index contributed by atoms with van der Waals surface area (Å²) in [5.41, 5.74) is 0.871. The van der Waals surface area contributed by atoms with Gasteiger partial charge in [-0.2, -0.15) is 0 Å². The highest BCUT2D eigenvalue weighted by Crippen LogP contribution is 2.37. The molecule has 18 heavy (non-hydrogen) atoms. The predicted octanol–water partition coefficient (Wildman–Crippen LogP) is 2.42. The first-order valence-corrected chi connectivity index (χ1v) is 6.60. The van der Waals surface area contributed by atoms with Crippen LogP contribution in [0.1, 0.15) is 44.2 Å². The molecule has 0 amide bonds. The van der Waals surface area contributed by atoms with Crippen LogP contribution in [0.5, 0.6) is 0 Å². The molecule has 1 aliphatic rings. The van der Waals surface area contributed by atoms with Gasteiger partial charge in [-0.1, -0.05) is 12.8 Å². The van der Waals surface area contributed by atoms with E-state index in [9.17, 15) is 9.50 Å². The monoisotopic (exact) mass is 252 g/mol. The van der Waals surface area contributed by atoms with Crippen molar-refractivity contribution in [2.75, 3.05) is 13.2 Å². The van der Waals surface area contributed by atoms with Gasteiger partial charge in [-0.3, -0.25) is 4.98 Å². The molecule has 1 heterocycles. The summed E-state index contributed by atoms with van der Waals surface area (Å²) in [7, 11) is 0. The maximum atomic E-state index is 13.1. The molecule has 0 aliphatic heterocycles. The second-order valence-corrected chi connectivity index (χ2v) is 5.40. The number of aliphatic hydroxyl groups is 1. The highest BCUT2D eigenvalue weighted by Gasteiger charge is 2.33. The number of nitrogens with one attached hydrogen (secondary N) is 1. The molecule has 1 saturated carbocycles. The van der Waals surface area contributed by atoms with Crippen LogP contribution >= 0.6 is 0 Å². The lowest BCUT2D eigenvalue weighted by molar-refractivity contribution is 0.125. The lowest BCUT2D eigenvalue weighted by Crippen LogP contribution is -2.36. The molecule has 0 radical (unpaired) electrons. The molecule has 2 rings (SSSR count). The molecule has 1 atom stereocenters. The SMILES string of the molecule is CC(NCC1(CO)CCCC1)c1cncc(F)c1. The van der Waals surface area contributed by atoms with Crippen molar-refractivity contribution in [2.45, 2.75) is 38.6 Å². The lowest BCUT2D eigenvalue weighted by Gasteiger charge is -2.28. The molecule has 2 N–H and O–H groups in total. The molecule has 1 unspecified atom stereocenters. The highest BCUT2D eigenvalue weighted by atomic mass is 19.1. The summed E-state index contributed by atoms with van der Waals surface area (Å²) in [6, 6.07) is 1.56. The van der Waals surface area contributed by atoms with Gasteiger partial charge >= 0.3 is 0 Å². The van der Waals surface area contributed by atoms with Gasteiger partial charge in [-0.15, -0.1) is 0 Å². The third kappa shape index (κ3) is 3.06. The molecule has 0 spiro atoms. The molecule has 1 aromatic heterocycles. The Bertz CT molecular complexity index is 391. The van der Waals surface area contributed by atoms with Crippen LogP contribution in [0.15, 0.2) is 18.5 Å². The fourth-order valence-electron chi connectivity index (χ4n) is 2.67. The standard InChI is InChI=1S/C14H21FN2O/c1-11(12-6-13(15)8-16-7-12)17-9-14(10-18)4-2-3-5-14/h6-8,11,17-18H,2-5,9-10H2,1H3. The predicted molar refractivity (Wildman–Crippen MR) is 68.6 cm³/mol. The van der Waals surface area contributed by atoms with Crippen LogP contribution in [0, 0.1) is 11.2 Å². The van der Waals surface area contributed by atoms with Crippen LogP contribution in [-0.4, -0.2) is 23.2 Å². The van der Waals surface area contributed by atoms with Crippen molar-refractivity contribution in [3.8, 4) is 0 Å².